The molecule has 0 atom stereocenters. The Morgan fingerprint density at radius 1 is 1.07 bits per heavy atom. The van der Waals surface area contributed by atoms with Crippen molar-refractivity contribution in [3.8, 4) is 17.0 Å². The molecule has 0 aliphatic heterocycles. The average Bonchev–Trinajstić information content (AvgIpc) is 3.25. The van der Waals surface area contributed by atoms with Gasteiger partial charge in [-0.05, 0) is 48.5 Å². The van der Waals surface area contributed by atoms with E-state index in [1.54, 1.807) is 24.2 Å². The van der Waals surface area contributed by atoms with Crippen LogP contribution in [0.4, 0.5) is 5.69 Å². The van der Waals surface area contributed by atoms with E-state index in [0.717, 1.165) is 28.0 Å². The molecule has 27 heavy (non-hydrogen) atoms. The maximum Gasteiger partial charge on any atom is 0.276 e. The van der Waals surface area contributed by atoms with Gasteiger partial charge >= 0.3 is 0 Å². The highest BCUT2D eigenvalue weighted by Gasteiger charge is 2.15. The molecule has 4 rings (SSSR count). The third-order valence-corrected chi connectivity index (χ3v) is 4.48. The van der Waals surface area contributed by atoms with E-state index in [9.17, 15) is 4.79 Å². The Balaban J connectivity index is 1.58. The van der Waals surface area contributed by atoms with Crippen LogP contribution in [-0.2, 0) is 14.1 Å². The molecule has 0 radical (unpaired) electrons. The van der Waals surface area contributed by atoms with Crippen molar-refractivity contribution in [2.75, 3.05) is 12.4 Å². The van der Waals surface area contributed by atoms with Gasteiger partial charge in [0.25, 0.3) is 5.91 Å². The number of ether oxygens (including phenoxy) is 1. The summed E-state index contributed by atoms with van der Waals surface area (Å²) in [7, 11) is 5.36. The summed E-state index contributed by atoms with van der Waals surface area (Å²) in [5, 5.41) is 7.25. The van der Waals surface area contributed by atoms with E-state index in [-0.39, 0.29) is 5.91 Å². The predicted octanol–water partition coefficient (Wildman–Crippen LogP) is 3.23. The maximum absolute atomic E-state index is 12.6. The Labute approximate surface area is 156 Å². The molecule has 2 aromatic heterocycles. The zero-order valence-corrected chi connectivity index (χ0v) is 15.3. The van der Waals surface area contributed by atoms with Crippen LogP contribution in [-0.4, -0.2) is 32.3 Å². The summed E-state index contributed by atoms with van der Waals surface area (Å²) in [6.45, 7) is 0. The minimum Gasteiger partial charge on any atom is -0.497 e. The Bertz CT molecular complexity index is 1130. The van der Waals surface area contributed by atoms with Gasteiger partial charge in [0, 0.05) is 25.3 Å². The fraction of sp³-hybridized carbons (Fsp3) is 0.150. The lowest BCUT2D eigenvalue weighted by atomic mass is 10.1. The van der Waals surface area contributed by atoms with Crippen LogP contribution >= 0.6 is 0 Å². The monoisotopic (exact) mass is 361 g/mol. The van der Waals surface area contributed by atoms with E-state index in [4.69, 9.17) is 4.74 Å². The van der Waals surface area contributed by atoms with Crippen molar-refractivity contribution in [2.24, 2.45) is 14.1 Å². The molecule has 1 amide bonds. The fourth-order valence-corrected chi connectivity index (χ4v) is 3.01. The third kappa shape index (κ3) is 3.15. The first-order chi connectivity index (χ1) is 13.0. The van der Waals surface area contributed by atoms with Gasteiger partial charge in [0.15, 0.2) is 5.69 Å². The number of benzene rings is 2. The van der Waals surface area contributed by atoms with Crippen LogP contribution in [0.3, 0.4) is 0 Å². The molecule has 2 heterocycles. The standard InChI is InChI=1S/C20H19N5O2/c1-24-12-21-16-9-6-14(10-19(16)24)22-20(26)17-11-18(25(2)23-17)13-4-7-15(27-3)8-5-13/h4-12H,1-3H3,(H,22,26). The topological polar surface area (TPSA) is 74.0 Å². The number of anilines is 1. The SMILES string of the molecule is COc1ccc(-c2cc(C(=O)Nc3ccc4ncn(C)c4c3)nn2C)cc1. The van der Waals surface area contributed by atoms with E-state index in [1.165, 1.54) is 0 Å². The summed E-state index contributed by atoms with van der Waals surface area (Å²) in [5.74, 6) is 0.524. The van der Waals surface area contributed by atoms with Gasteiger partial charge in [-0.3, -0.25) is 9.48 Å². The molecule has 0 saturated carbocycles. The molecule has 0 spiro atoms. The Morgan fingerprint density at radius 2 is 1.85 bits per heavy atom. The highest BCUT2D eigenvalue weighted by molar-refractivity contribution is 6.04. The Kier molecular flexibility index (Phi) is 4.12. The van der Waals surface area contributed by atoms with Crippen LogP contribution in [0.25, 0.3) is 22.3 Å². The number of methoxy groups -OCH3 is 1. The molecule has 0 bridgehead atoms. The predicted molar refractivity (Wildman–Crippen MR) is 104 cm³/mol. The van der Waals surface area contributed by atoms with Gasteiger partial charge in [0.1, 0.15) is 5.75 Å². The van der Waals surface area contributed by atoms with E-state index >= 15 is 0 Å². The summed E-state index contributed by atoms with van der Waals surface area (Å²) >= 11 is 0. The van der Waals surface area contributed by atoms with Crippen molar-refractivity contribution >= 4 is 22.6 Å². The molecule has 0 fully saturated rings. The van der Waals surface area contributed by atoms with E-state index in [1.807, 2.05) is 61.1 Å². The summed E-state index contributed by atoms with van der Waals surface area (Å²) < 4.78 is 8.79. The number of amides is 1. The number of rotatable bonds is 4. The number of carbonyl (C=O) groups is 1. The van der Waals surface area contributed by atoms with E-state index in [0.29, 0.717) is 11.4 Å². The number of aryl methyl sites for hydroxylation is 2. The lowest BCUT2D eigenvalue weighted by molar-refractivity contribution is 0.102. The quantitative estimate of drug-likeness (QED) is 0.606. The van der Waals surface area contributed by atoms with Crippen LogP contribution in [0.15, 0.2) is 54.9 Å². The average molecular weight is 361 g/mol. The highest BCUT2D eigenvalue weighted by atomic mass is 16.5. The number of fused-ring (bicyclic) bond motifs is 1. The van der Waals surface area contributed by atoms with Gasteiger partial charge < -0.3 is 14.6 Å². The third-order valence-electron chi connectivity index (χ3n) is 4.48. The van der Waals surface area contributed by atoms with Crippen molar-refractivity contribution < 1.29 is 9.53 Å². The van der Waals surface area contributed by atoms with E-state index in [2.05, 4.69) is 15.4 Å². The summed E-state index contributed by atoms with van der Waals surface area (Å²) in [4.78, 5) is 16.9. The molecule has 1 N–H and O–H groups in total. The van der Waals surface area contributed by atoms with Crippen molar-refractivity contribution in [3.05, 3.63) is 60.6 Å². The van der Waals surface area contributed by atoms with Gasteiger partial charge in [-0.25, -0.2) is 4.98 Å². The van der Waals surface area contributed by atoms with Crippen LogP contribution < -0.4 is 10.1 Å². The number of aromatic nitrogens is 4. The molecule has 136 valence electrons. The first-order valence-electron chi connectivity index (χ1n) is 8.46. The normalized spacial score (nSPS) is 10.9. The second-order valence-corrected chi connectivity index (χ2v) is 6.28. The fourth-order valence-electron chi connectivity index (χ4n) is 3.01. The summed E-state index contributed by atoms with van der Waals surface area (Å²) in [6.07, 6.45) is 1.75. The largest absolute Gasteiger partial charge is 0.497 e. The number of nitrogens with zero attached hydrogens (tertiary/aromatic N) is 4. The second-order valence-electron chi connectivity index (χ2n) is 6.28. The molecule has 4 aromatic rings. The lowest BCUT2D eigenvalue weighted by Gasteiger charge is -2.03. The molecule has 0 unspecified atom stereocenters. The Hall–Kier alpha value is -3.61. The molecule has 2 aromatic carbocycles. The molecule has 7 heteroatoms. The van der Waals surface area contributed by atoms with Crippen molar-refractivity contribution in [1.82, 2.24) is 19.3 Å². The minimum absolute atomic E-state index is 0.258. The first kappa shape index (κ1) is 16.8. The summed E-state index contributed by atoms with van der Waals surface area (Å²) in [5.41, 5.74) is 4.70. The number of hydrogen-bond acceptors (Lipinski definition) is 4. The van der Waals surface area contributed by atoms with Gasteiger partial charge in [0.2, 0.25) is 0 Å². The van der Waals surface area contributed by atoms with Gasteiger partial charge in [-0.1, -0.05) is 0 Å². The van der Waals surface area contributed by atoms with Crippen molar-refractivity contribution in [1.29, 1.82) is 0 Å². The first-order valence-corrected chi connectivity index (χ1v) is 8.46. The molecule has 0 aliphatic carbocycles. The van der Waals surface area contributed by atoms with Crippen LogP contribution in [0.1, 0.15) is 10.5 Å². The minimum atomic E-state index is -0.258. The number of nitrogens with one attached hydrogen (secondary N) is 1. The van der Waals surface area contributed by atoms with Crippen LogP contribution in [0.2, 0.25) is 0 Å². The van der Waals surface area contributed by atoms with Gasteiger partial charge in [0.05, 0.1) is 30.2 Å². The van der Waals surface area contributed by atoms with Crippen molar-refractivity contribution in [2.45, 2.75) is 0 Å². The Morgan fingerprint density at radius 3 is 2.59 bits per heavy atom. The number of imidazole rings is 1. The number of hydrogen-bond donors (Lipinski definition) is 1. The molecule has 7 nitrogen and oxygen atoms in total. The van der Waals surface area contributed by atoms with Crippen LogP contribution in [0.5, 0.6) is 5.75 Å². The van der Waals surface area contributed by atoms with Crippen molar-refractivity contribution in [3.63, 3.8) is 0 Å². The maximum atomic E-state index is 12.6. The zero-order valence-electron chi connectivity index (χ0n) is 15.3. The number of carbonyl (C=O) groups excluding carboxylic acids is 1. The molecule has 0 aliphatic rings. The summed E-state index contributed by atoms with van der Waals surface area (Å²) in [6, 6.07) is 15.0. The lowest BCUT2D eigenvalue weighted by Crippen LogP contribution is -2.13. The smallest absolute Gasteiger partial charge is 0.276 e. The highest BCUT2D eigenvalue weighted by Crippen LogP contribution is 2.23. The van der Waals surface area contributed by atoms with Gasteiger partial charge in [-0.2, -0.15) is 5.10 Å². The van der Waals surface area contributed by atoms with Gasteiger partial charge in [-0.15, -0.1) is 0 Å². The molecular weight excluding hydrogens is 342 g/mol. The zero-order chi connectivity index (χ0) is 19.0. The van der Waals surface area contributed by atoms with Crippen LogP contribution in [0, 0.1) is 0 Å². The molecule has 0 saturated heterocycles. The molecular formula is C20H19N5O2. The second kappa shape index (κ2) is 6.60. The van der Waals surface area contributed by atoms with E-state index < -0.39 is 0 Å².